The van der Waals surface area contributed by atoms with Gasteiger partial charge in [0.2, 0.25) is 5.88 Å². The Morgan fingerprint density at radius 1 is 1.32 bits per heavy atom. The Kier molecular flexibility index (Phi) is 5.32. The van der Waals surface area contributed by atoms with Crippen molar-refractivity contribution < 1.29 is 19.1 Å². The number of hydrogen-bond donors (Lipinski definition) is 1. The number of aromatic nitrogens is 1. The van der Waals surface area contributed by atoms with E-state index in [0.717, 1.165) is 4.57 Å². The van der Waals surface area contributed by atoms with Crippen LogP contribution in [0, 0.1) is 18.3 Å². The maximum atomic E-state index is 13.1. The maximum absolute atomic E-state index is 13.1. The van der Waals surface area contributed by atoms with Crippen LogP contribution in [0.2, 0.25) is 0 Å². The van der Waals surface area contributed by atoms with E-state index >= 15 is 0 Å². The summed E-state index contributed by atoms with van der Waals surface area (Å²) < 4.78 is 11.6. The van der Waals surface area contributed by atoms with Crippen molar-refractivity contribution >= 4 is 5.78 Å². The first-order valence-corrected chi connectivity index (χ1v) is 8.64. The molecule has 7 nitrogen and oxygen atoms in total. The van der Waals surface area contributed by atoms with E-state index in [9.17, 15) is 20.0 Å². The van der Waals surface area contributed by atoms with Crippen LogP contribution in [0.1, 0.15) is 39.7 Å². The third-order valence-electron chi connectivity index (χ3n) is 4.33. The number of rotatable bonds is 6. The molecule has 0 amide bonds. The summed E-state index contributed by atoms with van der Waals surface area (Å²) in [5.41, 5.74) is -0.581. The van der Waals surface area contributed by atoms with Gasteiger partial charge in [-0.3, -0.25) is 14.2 Å². The fraction of sp³-hybridized carbons (Fsp3) is 0.190. The lowest BCUT2D eigenvalue weighted by Gasteiger charge is -2.15. The molecule has 3 rings (SSSR count). The largest absolute Gasteiger partial charge is 0.494 e. The number of ketones is 1. The summed E-state index contributed by atoms with van der Waals surface area (Å²) in [6, 6.07) is 11.6. The third-order valence-corrected chi connectivity index (χ3v) is 4.33. The lowest BCUT2D eigenvalue weighted by atomic mass is 9.97. The Labute approximate surface area is 161 Å². The number of carbonyl (C=O) groups is 1. The number of benzene rings is 1. The first-order chi connectivity index (χ1) is 13.5. The molecule has 142 valence electrons. The molecule has 3 aromatic rings. The van der Waals surface area contributed by atoms with Crippen molar-refractivity contribution in [3.05, 3.63) is 81.0 Å². The van der Waals surface area contributed by atoms with E-state index in [2.05, 4.69) is 0 Å². The average Bonchev–Trinajstić information content (AvgIpc) is 3.19. The quantitative estimate of drug-likeness (QED) is 0.661. The van der Waals surface area contributed by atoms with E-state index < -0.39 is 17.2 Å². The predicted octanol–water partition coefficient (Wildman–Crippen LogP) is 3.01. The molecule has 2 heterocycles. The van der Waals surface area contributed by atoms with Crippen molar-refractivity contribution in [3.63, 3.8) is 0 Å². The molecule has 0 aliphatic carbocycles. The lowest BCUT2D eigenvalue weighted by molar-refractivity contribution is 0.103. The first-order valence-electron chi connectivity index (χ1n) is 8.64. The van der Waals surface area contributed by atoms with Crippen LogP contribution in [-0.4, -0.2) is 22.1 Å². The summed E-state index contributed by atoms with van der Waals surface area (Å²) in [7, 11) is 0. The van der Waals surface area contributed by atoms with Crippen molar-refractivity contribution in [3.8, 4) is 17.7 Å². The Hall–Kier alpha value is -3.79. The van der Waals surface area contributed by atoms with Gasteiger partial charge in [-0.15, -0.1) is 0 Å². The van der Waals surface area contributed by atoms with Gasteiger partial charge in [-0.05, 0) is 43.7 Å². The smallest absolute Gasteiger partial charge is 0.271 e. The SMILES string of the molecule is CCOc1cccc(C(=O)c2c(C)c(C#N)c(=O)n(Cc3ccco3)c2O)c1. The van der Waals surface area contributed by atoms with E-state index in [1.165, 1.54) is 13.2 Å². The van der Waals surface area contributed by atoms with E-state index in [-0.39, 0.29) is 28.8 Å². The molecule has 0 saturated heterocycles. The zero-order valence-electron chi connectivity index (χ0n) is 15.4. The summed E-state index contributed by atoms with van der Waals surface area (Å²) in [4.78, 5) is 25.7. The van der Waals surface area contributed by atoms with Gasteiger partial charge in [0.25, 0.3) is 5.56 Å². The Morgan fingerprint density at radius 3 is 2.75 bits per heavy atom. The number of aromatic hydroxyl groups is 1. The van der Waals surface area contributed by atoms with E-state index in [1.807, 2.05) is 13.0 Å². The van der Waals surface area contributed by atoms with Gasteiger partial charge in [0.1, 0.15) is 23.1 Å². The number of nitriles is 1. The number of carbonyl (C=O) groups excluding carboxylic acids is 1. The molecule has 7 heteroatoms. The van der Waals surface area contributed by atoms with Crippen molar-refractivity contribution in [2.45, 2.75) is 20.4 Å². The van der Waals surface area contributed by atoms with E-state index in [4.69, 9.17) is 9.15 Å². The molecule has 2 aromatic heterocycles. The molecule has 0 radical (unpaired) electrons. The second kappa shape index (κ2) is 7.84. The van der Waals surface area contributed by atoms with Crippen LogP contribution in [-0.2, 0) is 6.54 Å². The summed E-state index contributed by atoms with van der Waals surface area (Å²) in [5, 5.41) is 20.2. The van der Waals surface area contributed by atoms with Crippen molar-refractivity contribution in [1.29, 1.82) is 5.26 Å². The minimum Gasteiger partial charge on any atom is -0.494 e. The summed E-state index contributed by atoms with van der Waals surface area (Å²) in [6.07, 6.45) is 1.43. The highest BCUT2D eigenvalue weighted by atomic mass is 16.5. The molecule has 0 unspecified atom stereocenters. The molecule has 1 aromatic carbocycles. The summed E-state index contributed by atoms with van der Waals surface area (Å²) in [5.74, 6) is -0.109. The molecule has 0 aliphatic rings. The van der Waals surface area contributed by atoms with E-state index in [0.29, 0.717) is 18.1 Å². The maximum Gasteiger partial charge on any atom is 0.271 e. The highest BCUT2D eigenvalue weighted by molar-refractivity contribution is 6.11. The summed E-state index contributed by atoms with van der Waals surface area (Å²) >= 11 is 0. The monoisotopic (exact) mass is 378 g/mol. The average molecular weight is 378 g/mol. The highest BCUT2D eigenvalue weighted by Gasteiger charge is 2.25. The number of ether oxygens (including phenoxy) is 1. The number of furan rings is 1. The minimum absolute atomic E-state index is 0.101. The molecule has 0 bridgehead atoms. The van der Waals surface area contributed by atoms with Crippen molar-refractivity contribution in [2.24, 2.45) is 0 Å². The fourth-order valence-electron chi connectivity index (χ4n) is 2.97. The number of nitrogens with zero attached hydrogens (tertiary/aromatic N) is 2. The highest BCUT2D eigenvalue weighted by Crippen LogP contribution is 2.27. The van der Waals surface area contributed by atoms with Crippen LogP contribution >= 0.6 is 0 Å². The summed E-state index contributed by atoms with van der Waals surface area (Å²) in [6.45, 7) is 3.63. The molecule has 1 N–H and O–H groups in total. The molecule has 0 spiro atoms. The van der Waals surface area contributed by atoms with Crippen LogP contribution in [0.3, 0.4) is 0 Å². The van der Waals surface area contributed by atoms with Gasteiger partial charge >= 0.3 is 0 Å². The van der Waals surface area contributed by atoms with Crippen LogP contribution in [0.4, 0.5) is 0 Å². The van der Waals surface area contributed by atoms with Gasteiger partial charge in [0, 0.05) is 5.56 Å². The van der Waals surface area contributed by atoms with Crippen molar-refractivity contribution in [2.75, 3.05) is 6.61 Å². The fourth-order valence-corrected chi connectivity index (χ4v) is 2.97. The van der Waals surface area contributed by atoms with Gasteiger partial charge in [-0.1, -0.05) is 12.1 Å². The molecule has 0 fully saturated rings. The van der Waals surface area contributed by atoms with Crippen LogP contribution in [0.25, 0.3) is 0 Å². The minimum atomic E-state index is -0.687. The standard InChI is InChI=1S/C21H18N2O5/c1-3-27-15-7-4-6-14(10-15)19(24)18-13(2)17(11-22)20(25)23(21(18)26)12-16-8-5-9-28-16/h4-10,26H,3,12H2,1-2H3. The lowest BCUT2D eigenvalue weighted by Crippen LogP contribution is -2.27. The molecular weight excluding hydrogens is 360 g/mol. The molecule has 0 atom stereocenters. The topological polar surface area (TPSA) is 105 Å². The predicted molar refractivity (Wildman–Crippen MR) is 101 cm³/mol. The van der Waals surface area contributed by atoms with Gasteiger partial charge in [0.15, 0.2) is 5.78 Å². The number of hydrogen-bond acceptors (Lipinski definition) is 6. The van der Waals surface area contributed by atoms with Gasteiger partial charge < -0.3 is 14.3 Å². The Balaban J connectivity index is 2.17. The number of pyridine rings is 1. The third kappa shape index (κ3) is 3.40. The van der Waals surface area contributed by atoms with Gasteiger partial charge in [0.05, 0.1) is 25.0 Å². The molecule has 28 heavy (non-hydrogen) atoms. The normalized spacial score (nSPS) is 10.5. The Bertz CT molecular complexity index is 1120. The molecule has 0 aliphatic heterocycles. The van der Waals surface area contributed by atoms with Crippen molar-refractivity contribution in [1.82, 2.24) is 4.57 Å². The van der Waals surface area contributed by atoms with Gasteiger partial charge in [-0.25, -0.2) is 0 Å². The van der Waals surface area contributed by atoms with Gasteiger partial charge in [-0.2, -0.15) is 5.26 Å². The molecule has 0 saturated carbocycles. The second-order valence-electron chi connectivity index (χ2n) is 6.07. The zero-order chi connectivity index (χ0) is 20.3. The Morgan fingerprint density at radius 2 is 2.11 bits per heavy atom. The zero-order valence-corrected chi connectivity index (χ0v) is 15.4. The van der Waals surface area contributed by atoms with Crippen LogP contribution in [0.5, 0.6) is 11.6 Å². The van der Waals surface area contributed by atoms with Crippen LogP contribution < -0.4 is 10.3 Å². The molecular formula is C21H18N2O5. The van der Waals surface area contributed by atoms with E-state index in [1.54, 1.807) is 36.4 Å². The first kappa shape index (κ1) is 19.0. The second-order valence-corrected chi connectivity index (χ2v) is 6.07. The van der Waals surface area contributed by atoms with Crippen LogP contribution in [0.15, 0.2) is 51.9 Å².